The summed E-state index contributed by atoms with van der Waals surface area (Å²) >= 11 is 0. The SMILES string of the molecule is CCC(C)NC(COC)(C(=O)OC)C1CC1. The van der Waals surface area contributed by atoms with Crippen molar-refractivity contribution in [2.75, 3.05) is 20.8 Å². The van der Waals surface area contributed by atoms with Crippen LogP contribution < -0.4 is 5.32 Å². The van der Waals surface area contributed by atoms with Gasteiger partial charge >= 0.3 is 5.97 Å². The normalized spacial score (nSPS) is 21.2. The Morgan fingerprint density at radius 2 is 2.12 bits per heavy atom. The number of carbonyl (C=O) groups excluding carboxylic acids is 1. The molecule has 16 heavy (non-hydrogen) atoms. The first-order valence-corrected chi connectivity index (χ1v) is 5.95. The molecular weight excluding hydrogens is 206 g/mol. The van der Waals surface area contributed by atoms with Crippen LogP contribution in [0.15, 0.2) is 0 Å². The van der Waals surface area contributed by atoms with Crippen LogP contribution in [0.4, 0.5) is 0 Å². The third-order valence-electron chi connectivity index (χ3n) is 3.31. The van der Waals surface area contributed by atoms with Gasteiger partial charge in [-0.3, -0.25) is 5.32 Å². The average molecular weight is 229 g/mol. The Bertz CT molecular complexity index is 240. The van der Waals surface area contributed by atoms with Crippen molar-refractivity contribution in [2.24, 2.45) is 5.92 Å². The largest absolute Gasteiger partial charge is 0.468 e. The summed E-state index contributed by atoms with van der Waals surface area (Å²) in [5.74, 6) is 0.158. The summed E-state index contributed by atoms with van der Waals surface area (Å²) in [4.78, 5) is 12.0. The molecule has 0 radical (unpaired) electrons. The number of methoxy groups -OCH3 is 2. The lowest BCUT2D eigenvalue weighted by atomic mass is 9.92. The summed E-state index contributed by atoms with van der Waals surface area (Å²) in [6.07, 6.45) is 3.12. The zero-order valence-corrected chi connectivity index (χ0v) is 10.7. The van der Waals surface area contributed by atoms with Crippen LogP contribution in [0.25, 0.3) is 0 Å². The molecule has 0 saturated heterocycles. The lowest BCUT2D eigenvalue weighted by Crippen LogP contribution is -2.60. The first-order valence-electron chi connectivity index (χ1n) is 5.95. The van der Waals surface area contributed by atoms with E-state index in [1.807, 2.05) is 0 Å². The van der Waals surface area contributed by atoms with Crippen LogP contribution in [0.3, 0.4) is 0 Å². The van der Waals surface area contributed by atoms with E-state index in [9.17, 15) is 4.79 Å². The van der Waals surface area contributed by atoms with Gasteiger partial charge in [-0.1, -0.05) is 6.92 Å². The van der Waals surface area contributed by atoms with E-state index in [2.05, 4.69) is 19.2 Å². The van der Waals surface area contributed by atoms with E-state index >= 15 is 0 Å². The number of esters is 1. The van der Waals surface area contributed by atoms with Crippen molar-refractivity contribution in [2.45, 2.75) is 44.7 Å². The Hall–Kier alpha value is -0.610. The molecule has 0 aliphatic heterocycles. The van der Waals surface area contributed by atoms with Crippen molar-refractivity contribution in [3.05, 3.63) is 0 Å². The molecule has 1 aliphatic carbocycles. The van der Waals surface area contributed by atoms with Crippen LogP contribution in [0.5, 0.6) is 0 Å². The van der Waals surface area contributed by atoms with Gasteiger partial charge in [0.15, 0.2) is 0 Å². The highest BCUT2D eigenvalue weighted by Gasteiger charge is 2.52. The Balaban J connectivity index is 2.82. The van der Waals surface area contributed by atoms with Gasteiger partial charge < -0.3 is 9.47 Å². The molecule has 0 heterocycles. The summed E-state index contributed by atoms with van der Waals surface area (Å²) < 4.78 is 10.1. The molecule has 0 spiro atoms. The van der Waals surface area contributed by atoms with E-state index in [1.54, 1.807) is 7.11 Å². The quantitative estimate of drug-likeness (QED) is 0.669. The highest BCUT2D eigenvalue weighted by molar-refractivity contribution is 5.82. The fourth-order valence-electron chi connectivity index (χ4n) is 2.09. The minimum Gasteiger partial charge on any atom is -0.468 e. The highest BCUT2D eigenvalue weighted by Crippen LogP contribution is 2.41. The van der Waals surface area contributed by atoms with E-state index in [1.165, 1.54) is 7.11 Å². The lowest BCUT2D eigenvalue weighted by molar-refractivity contribution is -0.153. The Morgan fingerprint density at radius 3 is 2.50 bits per heavy atom. The fourth-order valence-corrected chi connectivity index (χ4v) is 2.09. The van der Waals surface area contributed by atoms with Crippen LogP contribution in [-0.4, -0.2) is 38.4 Å². The molecule has 2 atom stereocenters. The van der Waals surface area contributed by atoms with Gasteiger partial charge in [0, 0.05) is 13.2 Å². The van der Waals surface area contributed by atoms with E-state index in [0.29, 0.717) is 12.5 Å². The molecule has 1 fully saturated rings. The summed E-state index contributed by atoms with van der Waals surface area (Å²) in [7, 11) is 3.06. The van der Waals surface area contributed by atoms with Crippen LogP contribution in [0, 0.1) is 5.92 Å². The molecule has 4 nitrogen and oxygen atoms in total. The first-order chi connectivity index (χ1) is 7.60. The van der Waals surface area contributed by atoms with Crippen molar-refractivity contribution in [1.82, 2.24) is 5.32 Å². The Morgan fingerprint density at radius 1 is 1.50 bits per heavy atom. The first kappa shape index (κ1) is 13.5. The van der Waals surface area contributed by atoms with Gasteiger partial charge in [0.2, 0.25) is 0 Å². The predicted octanol–water partition coefficient (Wildman–Crippen LogP) is 1.34. The predicted molar refractivity (Wildman–Crippen MR) is 62.2 cm³/mol. The Labute approximate surface area is 97.7 Å². The Kier molecular flexibility index (Phi) is 4.74. The van der Waals surface area contributed by atoms with Gasteiger partial charge in [0.25, 0.3) is 0 Å². The van der Waals surface area contributed by atoms with Gasteiger partial charge in [0.1, 0.15) is 5.54 Å². The third kappa shape index (κ3) is 2.74. The molecule has 1 aliphatic rings. The molecule has 1 rings (SSSR count). The molecule has 1 N–H and O–H groups in total. The van der Waals surface area contributed by atoms with Crippen LogP contribution in [0.1, 0.15) is 33.1 Å². The fraction of sp³-hybridized carbons (Fsp3) is 0.917. The zero-order chi connectivity index (χ0) is 12.2. The van der Waals surface area contributed by atoms with Crippen molar-refractivity contribution in [1.29, 1.82) is 0 Å². The minimum absolute atomic E-state index is 0.197. The summed E-state index contributed by atoms with van der Waals surface area (Å²) in [6, 6.07) is 0.287. The second kappa shape index (κ2) is 5.64. The van der Waals surface area contributed by atoms with E-state index < -0.39 is 5.54 Å². The van der Waals surface area contributed by atoms with Gasteiger partial charge in [0.05, 0.1) is 13.7 Å². The van der Waals surface area contributed by atoms with E-state index in [0.717, 1.165) is 19.3 Å². The number of rotatable bonds is 7. The second-order valence-corrected chi connectivity index (χ2v) is 4.62. The third-order valence-corrected chi connectivity index (χ3v) is 3.31. The molecule has 0 aromatic rings. The van der Waals surface area contributed by atoms with Crippen molar-refractivity contribution in [3.8, 4) is 0 Å². The summed E-state index contributed by atoms with van der Waals surface area (Å²) in [6.45, 7) is 4.56. The van der Waals surface area contributed by atoms with Crippen LogP contribution in [0.2, 0.25) is 0 Å². The summed E-state index contributed by atoms with van der Waals surface area (Å²) in [5.41, 5.74) is -0.640. The second-order valence-electron chi connectivity index (χ2n) is 4.62. The minimum atomic E-state index is -0.640. The number of carbonyl (C=O) groups is 1. The van der Waals surface area contributed by atoms with Gasteiger partial charge in [-0.2, -0.15) is 0 Å². The van der Waals surface area contributed by atoms with E-state index in [4.69, 9.17) is 9.47 Å². The number of ether oxygens (including phenoxy) is 2. The van der Waals surface area contributed by atoms with E-state index in [-0.39, 0.29) is 12.0 Å². The monoisotopic (exact) mass is 229 g/mol. The molecule has 1 saturated carbocycles. The molecule has 4 heteroatoms. The standard InChI is InChI=1S/C12H23NO3/c1-5-9(2)13-12(8-15-3,10-6-7-10)11(14)16-4/h9-10,13H,5-8H2,1-4H3. The van der Waals surface area contributed by atoms with Gasteiger partial charge in [-0.25, -0.2) is 4.79 Å². The molecule has 94 valence electrons. The topological polar surface area (TPSA) is 47.6 Å². The van der Waals surface area contributed by atoms with Crippen molar-refractivity contribution in [3.63, 3.8) is 0 Å². The molecule has 2 unspecified atom stereocenters. The molecule has 0 aromatic heterocycles. The molecule has 0 aromatic carbocycles. The number of nitrogens with one attached hydrogen (secondary N) is 1. The van der Waals surface area contributed by atoms with Crippen molar-refractivity contribution < 1.29 is 14.3 Å². The zero-order valence-electron chi connectivity index (χ0n) is 10.7. The average Bonchev–Trinajstić information content (AvgIpc) is 3.11. The summed E-state index contributed by atoms with van der Waals surface area (Å²) in [5, 5.41) is 3.39. The highest BCUT2D eigenvalue weighted by atomic mass is 16.5. The molecule has 0 amide bonds. The van der Waals surface area contributed by atoms with Crippen LogP contribution >= 0.6 is 0 Å². The number of hydrogen-bond acceptors (Lipinski definition) is 4. The maximum atomic E-state index is 12.0. The molecule has 0 bridgehead atoms. The van der Waals surface area contributed by atoms with Crippen molar-refractivity contribution >= 4 is 5.97 Å². The molecular formula is C12H23NO3. The maximum absolute atomic E-state index is 12.0. The lowest BCUT2D eigenvalue weighted by Gasteiger charge is -2.34. The van der Waals surface area contributed by atoms with Crippen LogP contribution in [-0.2, 0) is 14.3 Å². The maximum Gasteiger partial charge on any atom is 0.328 e. The van der Waals surface area contributed by atoms with Gasteiger partial charge in [-0.05, 0) is 32.1 Å². The smallest absolute Gasteiger partial charge is 0.328 e. The van der Waals surface area contributed by atoms with Gasteiger partial charge in [-0.15, -0.1) is 0 Å². The number of hydrogen-bond donors (Lipinski definition) is 1.